The molecule has 4 heteroatoms. The standard InChI is InChI=1S/C21H16O3S/c22-18-14-9-4-5-10-15(14)20-17(19(18)23)16-11-6-12-21(16,24-20)25-13-7-2-1-3-8-13/h1-5,7-10,16H,6,11-12H2/t16-,21+/m1/s1. The minimum Gasteiger partial charge on any atom is -0.475 e. The zero-order valence-corrected chi connectivity index (χ0v) is 14.3. The number of benzene rings is 2. The van der Waals surface area contributed by atoms with E-state index in [1.165, 1.54) is 0 Å². The minimum absolute atomic E-state index is 0.0162. The highest BCUT2D eigenvalue weighted by molar-refractivity contribution is 8.00. The average molecular weight is 348 g/mol. The van der Waals surface area contributed by atoms with Crippen molar-refractivity contribution in [2.45, 2.75) is 29.1 Å². The minimum atomic E-state index is -0.473. The number of rotatable bonds is 2. The van der Waals surface area contributed by atoms with Gasteiger partial charge in [-0.2, -0.15) is 0 Å². The van der Waals surface area contributed by atoms with Crippen LogP contribution >= 0.6 is 11.8 Å². The zero-order chi connectivity index (χ0) is 17.0. The summed E-state index contributed by atoms with van der Waals surface area (Å²) in [5.41, 5.74) is 1.83. The fraction of sp³-hybridized carbons (Fsp3) is 0.238. The van der Waals surface area contributed by atoms with Crippen molar-refractivity contribution in [1.29, 1.82) is 0 Å². The molecule has 2 aromatic carbocycles. The van der Waals surface area contributed by atoms with E-state index in [2.05, 4.69) is 12.1 Å². The van der Waals surface area contributed by atoms with Crippen LogP contribution in [0.2, 0.25) is 0 Å². The number of thioether (sulfide) groups is 1. The molecule has 3 nitrogen and oxygen atoms in total. The average Bonchev–Trinajstić information content (AvgIpc) is 3.16. The molecule has 1 fully saturated rings. The van der Waals surface area contributed by atoms with Crippen LogP contribution in [0.15, 0.2) is 65.1 Å². The van der Waals surface area contributed by atoms with Crippen molar-refractivity contribution in [3.8, 4) is 0 Å². The van der Waals surface area contributed by atoms with Gasteiger partial charge in [0.15, 0.2) is 4.93 Å². The number of ketones is 2. The zero-order valence-electron chi connectivity index (χ0n) is 13.5. The van der Waals surface area contributed by atoms with Gasteiger partial charge in [-0.15, -0.1) is 0 Å². The second-order valence-electron chi connectivity index (χ2n) is 6.72. The fourth-order valence-corrected chi connectivity index (χ4v) is 5.68. The van der Waals surface area contributed by atoms with Gasteiger partial charge >= 0.3 is 0 Å². The highest BCUT2D eigenvalue weighted by Crippen LogP contribution is 2.60. The maximum Gasteiger partial charge on any atom is 0.234 e. The Morgan fingerprint density at radius 3 is 2.44 bits per heavy atom. The van der Waals surface area contributed by atoms with Gasteiger partial charge < -0.3 is 4.74 Å². The summed E-state index contributed by atoms with van der Waals surface area (Å²) in [5.74, 6) is -0.160. The van der Waals surface area contributed by atoms with Gasteiger partial charge in [-0.3, -0.25) is 9.59 Å². The molecule has 0 unspecified atom stereocenters. The SMILES string of the molecule is O=C1C(=O)c2ccccc2C2=C1[C@H]1CCC[C@@]1(Sc1ccccc1)O2. The van der Waals surface area contributed by atoms with E-state index in [9.17, 15) is 9.59 Å². The van der Waals surface area contributed by atoms with E-state index in [1.807, 2.05) is 30.3 Å². The van der Waals surface area contributed by atoms with Crippen LogP contribution in [0, 0.1) is 5.92 Å². The first-order chi connectivity index (χ1) is 12.2. The first-order valence-electron chi connectivity index (χ1n) is 8.55. The van der Waals surface area contributed by atoms with Crippen molar-refractivity contribution >= 4 is 29.1 Å². The maximum absolute atomic E-state index is 12.8. The molecular weight excluding hydrogens is 332 g/mol. The molecule has 0 aromatic heterocycles. The summed E-state index contributed by atoms with van der Waals surface area (Å²) >= 11 is 1.69. The molecule has 1 saturated carbocycles. The monoisotopic (exact) mass is 348 g/mol. The van der Waals surface area contributed by atoms with Crippen molar-refractivity contribution in [2.24, 2.45) is 5.92 Å². The molecule has 1 aliphatic heterocycles. The summed E-state index contributed by atoms with van der Waals surface area (Å²) in [5, 5.41) is 0. The van der Waals surface area contributed by atoms with Crippen LogP contribution in [0.25, 0.3) is 5.76 Å². The van der Waals surface area contributed by atoms with E-state index in [0.717, 1.165) is 29.7 Å². The van der Waals surface area contributed by atoms with Crippen LogP contribution in [-0.4, -0.2) is 16.5 Å². The Balaban J connectivity index is 1.62. The van der Waals surface area contributed by atoms with Gasteiger partial charge in [0.25, 0.3) is 0 Å². The van der Waals surface area contributed by atoms with E-state index in [4.69, 9.17) is 4.74 Å². The van der Waals surface area contributed by atoms with E-state index >= 15 is 0 Å². The summed E-state index contributed by atoms with van der Waals surface area (Å²) in [6.07, 6.45) is 2.78. The summed E-state index contributed by atoms with van der Waals surface area (Å²) in [6, 6.07) is 17.4. The maximum atomic E-state index is 12.8. The number of ether oxygens (including phenoxy) is 1. The summed E-state index contributed by atoms with van der Waals surface area (Å²) in [7, 11) is 0. The molecule has 0 bridgehead atoms. The Morgan fingerprint density at radius 1 is 0.920 bits per heavy atom. The van der Waals surface area contributed by atoms with Gasteiger partial charge in [-0.25, -0.2) is 0 Å². The molecule has 2 aliphatic carbocycles. The van der Waals surface area contributed by atoms with Crippen LogP contribution in [-0.2, 0) is 9.53 Å². The molecular formula is C21H16O3S. The third kappa shape index (κ3) is 2.07. The summed E-state index contributed by atoms with van der Waals surface area (Å²) < 4.78 is 6.50. The lowest BCUT2D eigenvalue weighted by molar-refractivity contribution is -0.112. The van der Waals surface area contributed by atoms with Crippen LogP contribution in [0.1, 0.15) is 35.2 Å². The second kappa shape index (κ2) is 5.33. The lowest BCUT2D eigenvalue weighted by atomic mass is 9.83. The summed E-state index contributed by atoms with van der Waals surface area (Å²) in [6.45, 7) is 0. The van der Waals surface area contributed by atoms with Crippen LogP contribution in [0.5, 0.6) is 0 Å². The van der Waals surface area contributed by atoms with Crippen molar-refractivity contribution < 1.29 is 14.3 Å². The molecule has 5 rings (SSSR count). The molecule has 0 amide bonds. The lowest BCUT2D eigenvalue weighted by Gasteiger charge is -2.29. The molecule has 124 valence electrons. The molecule has 1 heterocycles. The Morgan fingerprint density at radius 2 is 1.64 bits per heavy atom. The topological polar surface area (TPSA) is 43.4 Å². The first-order valence-corrected chi connectivity index (χ1v) is 9.37. The van der Waals surface area contributed by atoms with E-state index in [-0.39, 0.29) is 11.7 Å². The first kappa shape index (κ1) is 15.0. The number of hydrogen-bond donors (Lipinski definition) is 0. The van der Waals surface area contributed by atoms with Gasteiger partial charge in [0.2, 0.25) is 11.6 Å². The van der Waals surface area contributed by atoms with Crippen molar-refractivity contribution in [2.75, 3.05) is 0 Å². The smallest absolute Gasteiger partial charge is 0.234 e. The van der Waals surface area contributed by atoms with Gasteiger partial charge in [-0.1, -0.05) is 54.2 Å². The van der Waals surface area contributed by atoms with Crippen LogP contribution in [0.3, 0.4) is 0 Å². The molecule has 0 spiro atoms. The number of carbonyl (C=O) groups is 2. The molecule has 25 heavy (non-hydrogen) atoms. The Kier molecular flexibility index (Phi) is 3.19. The molecule has 0 N–H and O–H groups in total. The third-order valence-electron chi connectivity index (χ3n) is 5.32. The van der Waals surface area contributed by atoms with Crippen molar-refractivity contribution in [3.05, 3.63) is 71.3 Å². The number of hydrogen-bond acceptors (Lipinski definition) is 4. The quantitative estimate of drug-likeness (QED) is 0.751. The Hall–Kier alpha value is -2.33. The highest BCUT2D eigenvalue weighted by Gasteiger charge is 2.57. The lowest BCUT2D eigenvalue weighted by Crippen LogP contribution is -2.30. The van der Waals surface area contributed by atoms with Crippen molar-refractivity contribution in [3.63, 3.8) is 0 Å². The predicted octanol–water partition coefficient (Wildman–Crippen LogP) is 4.48. The van der Waals surface area contributed by atoms with Gasteiger partial charge in [0.05, 0.1) is 5.57 Å². The fourth-order valence-electron chi connectivity index (χ4n) is 4.24. The highest BCUT2D eigenvalue weighted by atomic mass is 32.2. The number of carbonyl (C=O) groups excluding carboxylic acids is 2. The second-order valence-corrected chi connectivity index (χ2v) is 8.09. The van der Waals surface area contributed by atoms with Crippen LogP contribution < -0.4 is 0 Å². The predicted molar refractivity (Wildman–Crippen MR) is 96.2 cm³/mol. The molecule has 2 aromatic rings. The number of fused-ring (bicyclic) bond motifs is 4. The van der Waals surface area contributed by atoms with E-state index in [0.29, 0.717) is 16.9 Å². The third-order valence-corrected chi connectivity index (χ3v) is 6.74. The largest absolute Gasteiger partial charge is 0.475 e. The van der Waals surface area contributed by atoms with E-state index < -0.39 is 10.7 Å². The normalized spacial score (nSPS) is 27.0. The molecule has 0 saturated heterocycles. The summed E-state index contributed by atoms with van der Waals surface area (Å²) in [4.78, 5) is 26.0. The van der Waals surface area contributed by atoms with Crippen LogP contribution in [0.4, 0.5) is 0 Å². The van der Waals surface area contributed by atoms with Gasteiger partial charge in [-0.05, 0) is 31.4 Å². The van der Waals surface area contributed by atoms with Gasteiger partial charge in [0.1, 0.15) is 5.76 Å². The van der Waals surface area contributed by atoms with Gasteiger partial charge in [0, 0.05) is 21.9 Å². The molecule has 2 atom stereocenters. The Bertz CT molecular complexity index is 931. The van der Waals surface area contributed by atoms with Crippen molar-refractivity contribution in [1.82, 2.24) is 0 Å². The Labute approximate surface area is 150 Å². The number of Topliss-reactive ketones (excluding diaryl/α,β-unsaturated/α-hetero) is 2. The molecule has 3 aliphatic rings. The van der Waals surface area contributed by atoms with E-state index in [1.54, 1.807) is 23.9 Å². The molecule has 0 radical (unpaired) electrons.